The summed E-state index contributed by atoms with van der Waals surface area (Å²) in [6.07, 6.45) is 14.7. The van der Waals surface area contributed by atoms with Crippen molar-refractivity contribution in [2.24, 2.45) is 0 Å². The summed E-state index contributed by atoms with van der Waals surface area (Å²) in [4.78, 5) is 0. The van der Waals surface area contributed by atoms with Crippen LogP contribution in [0.2, 0.25) is 0 Å². The van der Waals surface area contributed by atoms with Gasteiger partial charge in [-0.15, -0.1) is 6.58 Å². The van der Waals surface area contributed by atoms with Crippen molar-refractivity contribution in [3.63, 3.8) is 0 Å². The predicted molar refractivity (Wildman–Crippen MR) is 71.2 cm³/mol. The summed E-state index contributed by atoms with van der Waals surface area (Å²) in [5.74, 6) is 0. The van der Waals surface area contributed by atoms with E-state index >= 15 is 0 Å². The lowest BCUT2D eigenvalue weighted by Crippen LogP contribution is -1.83. The summed E-state index contributed by atoms with van der Waals surface area (Å²) in [5, 5.41) is 0. The zero-order valence-corrected chi connectivity index (χ0v) is 10.4. The topological polar surface area (TPSA) is 0 Å². The van der Waals surface area contributed by atoms with Crippen LogP contribution in [0.15, 0.2) is 24.8 Å². The molecule has 0 aromatic rings. The molecule has 0 radical (unpaired) electrons. The molecule has 0 heterocycles. The lowest BCUT2D eigenvalue weighted by atomic mass is 10.0. The van der Waals surface area contributed by atoms with Gasteiger partial charge in [-0.05, 0) is 19.3 Å². The second kappa shape index (κ2) is 11.6. The Balaban J connectivity index is 3.22. The average molecular weight is 209 g/mol. The molecule has 0 aromatic heterocycles. The minimum absolute atomic E-state index is 0.889. The van der Waals surface area contributed by atoms with Crippen LogP contribution in [0.3, 0.4) is 0 Å². The summed E-state index contributed by atoms with van der Waals surface area (Å²) in [6, 6.07) is 0. The van der Waals surface area contributed by atoms with Crippen LogP contribution in [-0.2, 0) is 0 Å². The third-order valence-corrected chi connectivity index (χ3v) is 2.76. The molecular weight excluding hydrogens is 180 g/mol. The van der Waals surface area contributed by atoms with Crippen molar-refractivity contribution in [3.05, 3.63) is 24.8 Å². The smallest absolute Gasteiger partial charge is 0.0537 e. The van der Waals surface area contributed by atoms with Gasteiger partial charge in [0, 0.05) is 0 Å². The molecule has 0 aliphatic rings. The summed E-state index contributed by atoms with van der Waals surface area (Å²) in [6.45, 7) is 7.47. The predicted octanol–water partition coefficient (Wildman–Crippen LogP) is 5.65. The summed E-state index contributed by atoms with van der Waals surface area (Å²) < 4.78 is 7.25. The average Bonchev–Trinajstić information content (AvgIpc) is 2.31. The number of hydrogen-bond donors (Lipinski definition) is 0. The van der Waals surface area contributed by atoms with E-state index in [1.807, 2.05) is 6.08 Å². The molecule has 0 N–H and O–H groups in total. The van der Waals surface area contributed by atoms with Crippen LogP contribution in [-0.4, -0.2) is 0 Å². The highest BCUT2D eigenvalue weighted by Crippen LogP contribution is 2.13. The molecule has 0 spiro atoms. The zero-order chi connectivity index (χ0) is 12.1. The molecule has 0 fully saturated rings. The van der Waals surface area contributed by atoms with Crippen LogP contribution in [0.5, 0.6) is 0 Å². The summed E-state index contributed by atoms with van der Waals surface area (Å²) >= 11 is 0. The Morgan fingerprint density at radius 2 is 1.67 bits per heavy atom. The second-order valence-corrected chi connectivity index (χ2v) is 4.38. The first-order chi connectivity index (χ1) is 7.85. The summed E-state index contributed by atoms with van der Waals surface area (Å²) in [7, 11) is 0. The maximum absolute atomic E-state index is 7.25. The quantitative estimate of drug-likeness (QED) is 0.305. The third kappa shape index (κ3) is 11.4. The molecule has 0 unspecified atom stereocenters. The lowest BCUT2D eigenvalue weighted by molar-refractivity contribution is 0.574. The molecule has 0 aliphatic carbocycles. The van der Waals surface area contributed by atoms with E-state index < -0.39 is 0 Å². The standard InChI is InChI=1S/C15H28/c1-4-6-7-8-9-10-11-12-14-15(3)13-5-2/h5H,2-4,6-14H2,1H3/i3D. The molecular formula is C15H28. The first-order valence-electron chi connectivity index (χ1n) is 7.10. The fourth-order valence-electron chi connectivity index (χ4n) is 1.77. The molecule has 0 rings (SSSR count). The van der Waals surface area contributed by atoms with E-state index in [9.17, 15) is 0 Å². The van der Waals surface area contributed by atoms with Gasteiger partial charge in [-0.25, -0.2) is 0 Å². The van der Waals surface area contributed by atoms with Gasteiger partial charge in [-0.3, -0.25) is 0 Å². The van der Waals surface area contributed by atoms with E-state index in [0.717, 1.165) is 12.8 Å². The van der Waals surface area contributed by atoms with E-state index in [2.05, 4.69) is 13.5 Å². The molecule has 0 atom stereocenters. The maximum atomic E-state index is 7.25. The number of rotatable bonds is 11. The van der Waals surface area contributed by atoms with E-state index in [4.69, 9.17) is 1.37 Å². The van der Waals surface area contributed by atoms with Crippen molar-refractivity contribution < 1.29 is 1.37 Å². The van der Waals surface area contributed by atoms with Gasteiger partial charge in [0.05, 0.1) is 1.37 Å². The normalized spacial score (nSPS) is 12.6. The largest absolute Gasteiger partial charge is 0.103 e. The van der Waals surface area contributed by atoms with Crippen molar-refractivity contribution in [1.29, 1.82) is 0 Å². The van der Waals surface area contributed by atoms with E-state index in [1.54, 1.807) is 0 Å². The Labute approximate surface area is 97.9 Å². The third-order valence-electron chi connectivity index (χ3n) is 2.76. The lowest BCUT2D eigenvalue weighted by Gasteiger charge is -2.03. The molecule has 0 amide bonds. The summed E-state index contributed by atoms with van der Waals surface area (Å²) in [5.41, 5.74) is 1.22. The first kappa shape index (κ1) is 12.5. The highest BCUT2D eigenvalue weighted by atomic mass is 14.0. The Morgan fingerprint density at radius 1 is 1.07 bits per heavy atom. The van der Waals surface area contributed by atoms with Gasteiger partial charge < -0.3 is 0 Å². The first-order valence-corrected chi connectivity index (χ1v) is 6.52. The van der Waals surface area contributed by atoms with Crippen LogP contribution >= 0.6 is 0 Å². The van der Waals surface area contributed by atoms with Gasteiger partial charge in [0.25, 0.3) is 0 Å². The minimum Gasteiger partial charge on any atom is -0.103 e. The number of hydrogen-bond acceptors (Lipinski definition) is 0. The van der Waals surface area contributed by atoms with Gasteiger partial charge in [-0.1, -0.05) is 70.1 Å². The minimum atomic E-state index is 0.889. The van der Waals surface area contributed by atoms with Crippen molar-refractivity contribution in [2.45, 2.75) is 71.1 Å². The van der Waals surface area contributed by atoms with Gasteiger partial charge in [0.15, 0.2) is 0 Å². The Bertz CT molecular complexity index is 182. The van der Waals surface area contributed by atoms with E-state index in [0.29, 0.717) is 0 Å². The van der Waals surface area contributed by atoms with Gasteiger partial charge in [-0.2, -0.15) is 0 Å². The fourth-order valence-corrected chi connectivity index (χ4v) is 1.77. The molecule has 88 valence electrons. The van der Waals surface area contributed by atoms with Crippen molar-refractivity contribution in [2.75, 3.05) is 0 Å². The van der Waals surface area contributed by atoms with E-state index in [-0.39, 0.29) is 0 Å². The molecule has 0 bridgehead atoms. The fraction of sp³-hybridized carbons (Fsp3) is 0.733. The second-order valence-electron chi connectivity index (χ2n) is 4.38. The van der Waals surface area contributed by atoms with Crippen molar-refractivity contribution >= 4 is 0 Å². The van der Waals surface area contributed by atoms with Crippen LogP contribution < -0.4 is 0 Å². The monoisotopic (exact) mass is 209 g/mol. The highest BCUT2D eigenvalue weighted by molar-refractivity contribution is 4.99. The number of allylic oxidation sites excluding steroid dienone is 2. The van der Waals surface area contributed by atoms with Crippen molar-refractivity contribution in [3.8, 4) is 0 Å². The molecule has 0 aromatic carbocycles. The highest BCUT2D eigenvalue weighted by Gasteiger charge is 1.93. The van der Waals surface area contributed by atoms with Crippen LogP contribution in [0.1, 0.15) is 72.5 Å². The van der Waals surface area contributed by atoms with Crippen LogP contribution in [0.4, 0.5) is 0 Å². The molecule has 0 saturated carbocycles. The molecule has 0 heteroatoms. The zero-order valence-electron chi connectivity index (χ0n) is 11.4. The van der Waals surface area contributed by atoms with Gasteiger partial charge in [0.2, 0.25) is 0 Å². The van der Waals surface area contributed by atoms with Crippen LogP contribution in [0.25, 0.3) is 0 Å². The van der Waals surface area contributed by atoms with E-state index in [1.165, 1.54) is 63.5 Å². The Kier molecular flexibility index (Phi) is 9.67. The van der Waals surface area contributed by atoms with Crippen LogP contribution in [0, 0.1) is 0 Å². The van der Waals surface area contributed by atoms with Gasteiger partial charge in [0.1, 0.15) is 0 Å². The Morgan fingerprint density at radius 3 is 2.20 bits per heavy atom. The number of unbranched alkanes of at least 4 members (excludes halogenated alkanes) is 7. The SMILES string of the molecule is [2H]C=C(CC=C)CCCCCCCCCC. The molecule has 0 saturated heterocycles. The van der Waals surface area contributed by atoms with Crippen molar-refractivity contribution in [1.82, 2.24) is 0 Å². The molecule has 0 nitrogen and oxygen atoms in total. The molecule has 15 heavy (non-hydrogen) atoms. The molecule has 0 aliphatic heterocycles. The Hall–Kier alpha value is -0.520. The maximum Gasteiger partial charge on any atom is 0.0537 e. The van der Waals surface area contributed by atoms with Gasteiger partial charge >= 0.3 is 0 Å².